The molecule has 3 N–H and O–H groups in total. The Morgan fingerprint density at radius 3 is 3.08 bits per heavy atom. The first-order valence-corrected chi connectivity index (χ1v) is 9.20. The second-order valence-electron chi connectivity index (χ2n) is 7.18. The minimum Gasteiger partial charge on any atom is -0.504 e. The van der Waals surface area contributed by atoms with E-state index in [4.69, 9.17) is 17.0 Å². The number of rotatable bonds is 4. The molecule has 5 atom stereocenters. The maximum absolute atomic E-state index is 9.60. The van der Waals surface area contributed by atoms with Gasteiger partial charge in [0, 0.05) is 6.04 Å². The van der Waals surface area contributed by atoms with E-state index in [1.54, 1.807) is 24.4 Å². The third-order valence-corrected chi connectivity index (χ3v) is 6.12. The summed E-state index contributed by atoms with van der Waals surface area (Å²) >= 11 is 5.39. The second kappa shape index (κ2) is 6.67. The molecule has 5 nitrogen and oxygen atoms in total. The van der Waals surface area contributed by atoms with E-state index in [2.05, 4.69) is 28.0 Å². The molecule has 6 heteroatoms. The van der Waals surface area contributed by atoms with Crippen molar-refractivity contribution in [3.05, 3.63) is 35.9 Å². The molecule has 0 saturated heterocycles. The Morgan fingerprint density at radius 2 is 2.24 bits per heavy atom. The van der Waals surface area contributed by atoms with Crippen molar-refractivity contribution in [1.29, 1.82) is 0 Å². The van der Waals surface area contributed by atoms with Gasteiger partial charge in [0.25, 0.3) is 0 Å². The first-order chi connectivity index (χ1) is 12.2. The number of fused-ring (bicyclic) bond motifs is 5. The minimum atomic E-state index is 0.111. The topological polar surface area (TPSA) is 65.9 Å². The molecule has 0 radical (unpaired) electrons. The molecule has 132 valence electrons. The van der Waals surface area contributed by atoms with E-state index in [0.717, 1.165) is 23.3 Å². The van der Waals surface area contributed by atoms with Crippen LogP contribution in [0.3, 0.4) is 0 Å². The molecule has 3 aliphatic carbocycles. The van der Waals surface area contributed by atoms with Crippen LogP contribution in [0.15, 0.2) is 35.5 Å². The molecule has 3 aliphatic rings. The minimum absolute atomic E-state index is 0.111. The van der Waals surface area contributed by atoms with Gasteiger partial charge in [0.2, 0.25) is 0 Å². The van der Waals surface area contributed by atoms with Crippen LogP contribution in [0.2, 0.25) is 0 Å². The van der Waals surface area contributed by atoms with Crippen molar-refractivity contribution in [2.45, 2.75) is 25.3 Å². The van der Waals surface area contributed by atoms with Gasteiger partial charge in [0.15, 0.2) is 16.6 Å². The van der Waals surface area contributed by atoms with Gasteiger partial charge >= 0.3 is 0 Å². The number of nitrogens with one attached hydrogen (secondary N) is 2. The number of benzene rings is 1. The maximum Gasteiger partial charge on any atom is 0.187 e. The molecule has 0 aliphatic heterocycles. The van der Waals surface area contributed by atoms with Gasteiger partial charge in [-0.3, -0.25) is 5.43 Å². The number of hydrogen-bond donors (Lipinski definition) is 3. The molecule has 4 rings (SSSR count). The molecule has 1 aromatic carbocycles. The lowest BCUT2D eigenvalue weighted by Gasteiger charge is -2.32. The molecule has 2 fully saturated rings. The van der Waals surface area contributed by atoms with Crippen molar-refractivity contribution in [2.75, 3.05) is 7.11 Å². The first-order valence-electron chi connectivity index (χ1n) is 8.79. The summed E-state index contributed by atoms with van der Waals surface area (Å²) < 4.78 is 5.09. The molecular weight excluding hydrogens is 334 g/mol. The molecule has 2 saturated carbocycles. The zero-order valence-corrected chi connectivity index (χ0v) is 15.0. The number of aromatic hydroxyl groups is 1. The van der Waals surface area contributed by atoms with Gasteiger partial charge in [-0.05, 0) is 78.9 Å². The average molecular weight is 357 g/mol. The van der Waals surface area contributed by atoms with Crippen LogP contribution in [-0.4, -0.2) is 29.6 Å². The maximum atomic E-state index is 9.60. The largest absolute Gasteiger partial charge is 0.504 e. The summed E-state index contributed by atoms with van der Waals surface area (Å²) in [4.78, 5) is 0. The van der Waals surface area contributed by atoms with Crippen LogP contribution in [-0.2, 0) is 0 Å². The second-order valence-corrected chi connectivity index (χ2v) is 7.59. The number of allylic oxidation sites excluding steroid dienone is 2. The van der Waals surface area contributed by atoms with Crippen LogP contribution in [0.1, 0.15) is 24.8 Å². The lowest BCUT2D eigenvalue weighted by atomic mass is 9.79. The lowest BCUT2D eigenvalue weighted by molar-refractivity contribution is 0.246. The Balaban J connectivity index is 1.30. The fourth-order valence-corrected chi connectivity index (χ4v) is 5.06. The summed E-state index contributed by atoms with van der Waals surface area (Å²) in [5, 5.41) is 17.8. The fraction of sp³-hybridized carbons (Fsp3) is 0.474. The van der Waals surface area contributed by atoms with Crippen molar-refractivity contribution in [2.24, 2.45) is 28.8 Å². The molecule has 0 amide bonds. The summed E-state index contributed by atoms with van der Waals surface area (Å²) in [6.45, 7) is 0. The predicted octanol–water partition coefficient (Wildman–Crippen LogP) is 2.80. The number of hydrazone groups is 1. The standard InChI is InChI=1S/C19H23N3O2S/c1-24-18-7-11(5-6-17(18)23)10-20-22-19(25)21-16-9-12-8-15(16)14-4-2-3-13(12)14/h2,4-7,10,12-16,23H,3,8-9H2,1H3,(H2,21,22,25)/b20-10+/t12-,13+,14-,15-,16+/m0/s1. The quantitative estimate of drug-likeness (QED) is 0.335. The summed E-state index contributed by atoms with van der Waals surface area (Å²) in [5.74, 6) is 3.71. The Morgan fingerprint density at radius 1 is 1.36 bits per heavy atom. The van der Waals surface area contributed by atoms with Crippen molar-refractivity contribution in [3.63, 3.8) is 0 Å². The third-order valence-electron chi connectivity index (χ3n) is 5.91. The fourth-order valence-electron chi connectivity index (χ4n) is 4.85. The zero-order chi connectivity index (χ0) is 17.4. The highest BCUT2D eigenvalue weighted by molar-refractivity contribution is 7.80. The number of phenolic OH excluding ortho intramolecular Hbond substituents is 1. The summed E-state index contributed by atoms with van der Waals surface area (Å²) in [7, 11) is 1.52. The molecule has 0 aromatic heterocycles. The molecule has 25 heavy (non-hydrogen) atoms. The summed E-state index contributed by atoms with van der Waals surface area (Å²) in [6.07, 6.45) is 10.2. The highest BCUT2D eigenvalue weighted by atomic mass is 32.1. The number of nitrogens with zero attached hydrogens (tertiary/aromatic N) is 1. The first kappa shape index (κ1) is 16.4. The monoisotopic (exact) mass is 357 g/mol. The Kier molecular flexibility index (Phi) is 4.37. The highest BCUT2D eigenvalue weighted by Gasteiger charge is 2.52. The van der Waals surface area contributed by atoms with E-state index in [0.29, 0.717) is 22.8 Å². The van der Waals surface area contributed by atoms with Gasteiger partial charge in [0.05, 0.1) is 13.3 Å². The molecule has 0 heterocycles. The van der Waals surface area contributed by atoms with Crippen LogP contribution in [0.4, 0.5) is 0 Å². The van der Waals surface area contributed by atoms with E-state index in [1.807, 2.05) is 0 Å². The van der Waals surface area contributed by atoms with Crippen molar-refractivity contribution in [3.8, 4) is 11.5 Å². The van der Waals surface area contributed by atoms with E-state index >= 15 is 0 Å². The van der Waals surface area contributed by atoms with Gasteiger partial charge < -0.3 is 15.2 Å². The number of hydrogen-bond acceptors (Lipinski definition) is 4. The Labute approximate surface area is 153 Å². The number of thiocarbonyl (C=S) groups is 1. The smallest absolute Gasteiger partial charge is 0.187 e. The predicted molar refractivity (Wildman–Crippen MR) is 102 cm³/mol. The van der Waals surface area contributed by atoms with E-state index in [-0.39, 0.29) is 5.75 Å². The molecule has 0 spiro atoms. The molecule has 0 unspecified atom stereocenters. The Bertz CT molecular complexity index is 733. The summed E-state index contributed by atoms with van der Waals surface area (Å²) in [6, 6.07) is 5.52. The van der Waals surface area contributed by atoms with E-state index < -0.39 is 0 Å². The number of ether oxygens (including phenoxy) is 1. The van der Waals surface area contributed by atoms with Crippen molar-refractivity contribution < 1.29 is 9.84 Å². The van der Waals surface area contributed by atoms with Crippen molar-refractivity contribution >= 4 is 23.5 Å². The Hall–Kier alpha value is -2.08. The molecular formula is C19H23N3O2S. The van der Waals surface area contributed by atoms with Gasteiger partial charge in [-0.2, -0.15) is 5.10 Å². The SMILES string of the molecule is COc1cc(/C=N/NC(=S)N[C@@H]2C[C@@H]3C[C@H]2[C@H]2C=CC[C@H]32)ccc1O. The number of methoxy groups -OCH3 is 1. The van der Waals surface area contributed by atoms with Crippen LogP contribution in [0, 0.1) is 23.7 Å². The zero-order valence-electron chi connectivity index (χ0n) is 14.2. The highest BCUT2D eigenvalue weighted by Crippen LogP contribution is 2.56. The normalized spacial score (nSPS) is 32.1. The third kappa shape index (κ3) is 3.11. The molecule has 1 aromatic rings. The lowest BCUT2D eigenvalue weighted by Crippen LogP contribution is -2.45. The van der Waals surface area contributed by atoms with Crippen LogP contribution in [0.5, 0.6) is 11.5 Å². The van der Waals surface area contributed by atoms with Gasteiger partial charge in [-0.1, -0.05) is 12.2 Å². The average Bonchev–Trinajstić information content (AvgIpc) is 3.29. The summed E-state index contributed by atoms with van der Waals surface area (Å²) in [5.41, 5.74) is 3.72. The molecule has 2 bridgehead atoms. The van der Waals surface area contributed by atoms with Crippen LogP contribution < -0.4 is 15.5 Å². The van der Waals surface area contributed by atoms with E-state index in [9.17, 15) is 5.11 Å². The van der Waals surface area contributed by atoms with Gasteiger partial charge in [-0.15, -0.1) is 0 Å². The van der Waals surface area contributed by atoms with Crippen LogP contribution in [0.25, 0.3) is 0 Å². The van der Waals surface area contributed by atoms with Crippen LogP contribution >= 0.6 is 12.2 Å². The number of phenols is 1. The van der Waals surface area contributed by atoms with E-state index in [1.165, 1.54) is 26.4 Å². The van der Waals surface area contributed by atoms with Gasteiger partial charge in [0.1, 0.15) is 0 Å². The van der Waals surface area contributed by atoms with Gasteiger partial charge in [-0.25, -0.2) is 0 Å². The van der Waals surface area contributed by atoms with Crippen molar-refractivity contribution in [1.82, 2.24) is 10.7 Å².